The molecular formula is C27H37N3O6S2. The molecule has 2 heterocycles. The molecule has 4 rings (SSSR count). The zero-order valence-electron chi connectivity index (χ0n) is 21.8. The molecule has 2 aliphatic heterocycles. The SMILES string of the molecule is COc1ccc(NC(=O)C2CCCN(S(=O)(=O)CCCc3ccccc3)C2)cc1S(=O)(=O)N1CCCCC1. The number of carbonyl (C=O) groups is 1. The van der Waals surface area contributed by atoms with E-state index < -0.39 is 26.0 Å². The first-order valence-corrected chi connectivity index (χ1v) is 16.3. The minimum atomic E-state index is -3.78. The van der Waals surface area contributed by atoms with Crippen LogP contribution in [0.5, 0.6) is 5.75 Å². The summed E-state index contributed by atoms with van der Waals surface area (Å²) >= 11 is 0. The van der Waals surface area contributed by atoms with E-state index in [4.69, 9.17) is 4.74 Å². The second kappa shape index (κ2) is 12.6. The number of piperidine rings is 2. The number of aryl methyl sites for hydroxylation is 1. The van der Waals surface area contributed by atoms with Gasteiger partial charge in [-0.05, 0) is 62.3 Å². The van der Waals surface area contributed by atoms with Crippen molar-refractivity contribution in [1.82, 2.24) is 8.61 Å². The van der Waals surface area contributed by atoms with Crippen molar-refractivity contribution >= 4 is 31.6 Å². The van der Waals surface area contributed by atoms with Gasteiger partial charge in [0.2, 0.25) is 26.0 Å². The minimum Gasteiger partial charge on any atom is -0.495 e. The van der Waals surface area contributed by atoms with Gasteiger partial charge in [-0.25, -0.2) is 21.1 Å². The van der Waals surface area contributed by atoms with Crippen molar-refractivity contribution in [3.05, 3.63) is 54.1 Å². The summed E-state index contributed by atoms with van der Waals surface area (Å²) < 4.78 is 60.8. The number of anilines is 1. The predicted molar refractivity (Wildman–Crippen MR) is 147 cm³/mol. The Morgan fingerprint density at radius 1 is 0.947 bits per heavy atom. The Morgan fingerprint density at radius 3 is 2.37 bits per heavy atom. The summed E-state index contributed by atoms with van der Waals surface area (Å²) in [5.41, 5.74) is 1.44. The molecule has 9 nitrogen and oxygen atoms in total. The van der Waals surface area contributed by atoms with Crippen LogP contribution in [0.2, 0.25) is 0 Å². The number of ether oxygens (including phenoxy) is 1. The van der Waals surface area contributed by atoms with Gasteiger partial charge in [-0.3, -0.25) is 4.79 Å². The Morgan fingerprint density at radius 2 is 1.66 bits per heavy atom. The van der Waals surface area contributed by atoms with E-state index >= 15 is 0 Å². The lowest BCUT2D eigenvalue weighted by atomic mass is 9.98. The molecule has 2 aromatic carbocycles. The third-order valence-electron chi connectivity index (χ3n) is 7.22. The van der Waals surface area contributed by atoms with Crippen LogP contribution in [0.1, 0.15) is 44.1 Å². The van der Waals surface area contributed by atoms with Crippen LogP contribution in [0.15, 0.2) is 53.4 Å². The van der Waals surface area contributed by atoms with Gasteiger partial charge in [-0.1, -0.05) is 36.8 Å². The Labute approximate surface area is 226 Å². The maximum absolute atomic E-state index is 13.3. The number of nitrogens with one attached hydrogen (secondary N) is 1. The van der Waals surface area contributed by atoms with Crippen molar-refractivity contribution in [3.8, 4) is 5.75 Å². The Bertz CT molecular complexity index is 1310. The van der Waals surface area contributed by atoms with Crippen molar-refractivity contribution in [2.24, 2.45) is 5.92 Å². The van der Waals surface area contributed by atoms with Gasteiger partial charge >= 0.3 is 0 Å². The van der Waals surface area contributed by atoms with E-state index in [0.717, 1.165) is 24.8 Å². The minimum absolute atomic E-state index is 0.0194. The highest BCUT2D eigenvalue weighted by Gasteiger charge is 2.33. The molecule has 0 radical (unpaired) electrons. The molecular weight excluding hydrogens is 526 g/mol. The topological polar surface area (TPSA) is 113 Å². The molecule has 1 unspecified atom stereocenters. The summed E-state index contributed by atoms with van der Waals surface area (Å²) in [5, 5.41) is 2.82. The van der Waals surface area contributed by atoms with Crippen LogP contribution < -0.4 is 10.1 Å². The molecule has 1 atom stereocenters. The second-order valence-corrected chi connectivity index (χ2v) is 13.9. The van der Waals surface area contributed by atoms with E-state index in [9.17, 15) is 21.6 Å². The smallest absolute Gasteiger partial charge is 0.246 e. The third kappa shape index (κ3) is 6.93. The molecule has 1 N–H and O–H groups in total. The van der Waals surface area contributed by atoms with Gasteiger partial charge in [0, 0.05) is 31.9 Å². The van der Waals surface area contributed by atoms with Crippen LogP contribution in [0.25, 0.3) is 0 Å². The zero-order chi connectivity index (χ0) is 27.2. The fraction of sp³-hybridized carbons (Fsp3) is 0.519. The van der Waals surface area contributed by atoms with Crippen molar-refractivity contribution < 1.29 is 26.4 Å². The number of benzene rings is 2. The van der Waals surface area contributed by atoms with Crippen LogP contribution in [0, 0.1) is 5.92 Å². The molecule has 2 aromatic rings. The number of hydrogen-bond acceptors (Lipinski definition) is 6. The van der Waals surface area contributed by atoms with Gasteiger partial charge < -0.3 is 10.1 Å². The van der Waals surface area contributed by atoms with Crippen molar-refractivity contribution in [1.29, 1.82) is 0 Å². The normalized spacial score (nSPS) is 19.7. The fourth-order valence-electron chi connectivity index (χ4n) is 5.09. The standard InChI is InChI=1S/C27H37N3O6S2/c1-36-25-15-14-24(20-26(25)38(34,35)29-16-6-3-7-17-29)28-27(31)23-13-8-18-30(21-23)37(32,33)19-9-12-22-10-4-2-5-11-22/h2,4-5,10-11,14-15,20,23H,3,6-9,12-13,16-19,21H2,1H3,(H,28,31). The highest BCUT2D eigenvalue weighted by atomic mass is 32.2. The van der Waals surface area contributed by atoms with Gasteiger partial charge in [0.15, 0.2) is 0 Å². The predicted octanol–water partition coefficient (Wildman–Crippen LogP) is 3.48. The van der Waals surface area contributed by atoms with Crippen molar-refractivity contribution in [3.63, 3.8) is 0 Å². The summed E-state index contributed by atoms with van der Waals surface area (Å²) in [7, 11) is -5.85. The average molecular weight is 564 g/mol. The number of sulfonamides is 2. The van der Waals surface area contributed by atoms with E-state index in [0.29, 0.717) is 51.0 Å². The van der Waals surface area contributed by atoms with Crippen LogP contribution in [-0.2, 0) is 31.3 Å². The first kappa shape index (κ1) is 28.5. The van der Waals surface area contributed by atoms with Gasteiger partial charge in [0.1, 0.15) is 10.6 Å². The number of rotatable bonds is 10. The van der Waals surface area contributed by atoms with E-state index in [2.05, 4.69) is 5.32 Å². The molecule has 208 valence electrons. The highest BCUT2D eigenvalue weighted by Crippen LogP contribution is 2.32. The highest BCUT2D eigenvalue weighted by molar-refractivity contribution is 7.89. The molecule has 0 aliphatic carbocycles. The third-order valence-corrected chi connectivity index (χ3v) is 11.1. The maximum atomic E-state index is 13.3. The van der Waals surface area contributed by atoms with E-state index in [1.807, 2.05) is 30.3 Å². The summed E-state index contributed by atoms with van der Waals surface area (Å²) in [6.45, 7) is 1.44. The summed E-state index contributed by atoms with van der Waals surface area (Å²) in [4.78, 5) is 13.2. The summed E-state index contributed by atoms with van der Waals surface area (Å²) in [5.74, 6) is -0.580. The summed E-state index contributed by atoms with van der Waals surface area (Å²) in [6, 6.07) is 14.3. The maximum Gasteiger partial charge on any atom is 0.246 e. The molecule has 2 aliphatic rings. The Hall–Kier alpha value is -2.47. The largest absolute Gasteiger partial charge is 0.495 e. The number of hydrogen-bond donors (Lipinski definition) is 1. The number of amides is 1. The molecule has 0 aromatic heterocycles. The Balaban J connectivity index is 1.40. The van der Waals surface area contributed by atoms with Crippen LogP contribution in [-0.4, -0.2) is 70.4 Å². The molecule has 2 fully saturated rings. The molecule has 0 saturated carbocycles. The summed E-state index contributed by atoms with van der Waals surface area (Å²) in [6.07, 6.45) is 4.97. The number of methoxy groups -OCH3 is 1. The van der Waals surface area contributed by atoms with Gasteiger partial charge in [-0.15, -0.1) is 0 Å². The van der Waals surface area contributed by atoms with Crippen molar-refractivity contribution in [2.75, 3.05) is 44.4 Å². The number of carbonyl (C=O) groups excluding carboxylic acids is 1. The van der Waals surface area contributed by atoms with E-state index in [1.165, 1.54) is 27.9 Å². The zero-order valence-corrected chi connectivity index (χ0v) is 23.5. The van der Waals surface area contributed by atoms with E-state index in [1.54, 1.807) is 6.07 Å². The van der Waals surface area contributed by atoms with Crippen LogP contribution >= 0.6 is 0 Å². The lowest BCUT2D eigenvalue weighted by molar-refractivity contribution is -0.120. The average Bonchev–Trinajstić information content (AvgIpc) is 2.94. The first-order valence-electron chi connectivity index (χ1n) is 13.2. The monoisotopic (exact) mass is 563 g/mol. The van der Waals surface area contributed by atoms with Gasteiger partial charge in [-0.2, -0.15) is 4.31 Å². The van der Waals surface area contributed by atoms with Crippen molar-refractivity contribution in [2.45, 2.75) is 49.8 Å². The molecule has 0 spiro atoms. The molecule has 11 heteroatoms. The lowest BCUT2D eigenvalue weighted by Crippen LogP contribution is -2.44. The first-order chi connectivity index (χ1) is 18.2. The molecule has 1 amide bonds. The van der Waals surface area contributed by atoms with Crippen LogP contribution in [0.4, 0.5) is 5.69 Å². The quantitative estimate of drug-likeness (QED) is 0.474. The van der Waals surface area contributed by atoms with Gasteiger partial charge in [0.05, 0.1) is 18.8 Å². The van der Waals surface area contributed by atoms with E-state index in [-0.39, 0.29) is 28.8 Å². The Kier molecular flexibility index (Phi) is 9.45. The second-order valence-electron chi connectivity index (χ2n) is 9.92. The fourth-order valence-corrected chi connectivity index (χ4v) is 8.37. The lowest BCUT2D eigenvalue weighted by Gasteiger charge is -2.31. The molecule has 0 bridgehead atoms. The van der Waals surface area contributed by atoms with Gasteiger partial charge in [0.25, 0.3) is 0 Å². The molecule has 2 saturated heterocycles. The van der Waals surface area contributed by atoms with Crippen LogP contribution in [0.3, 0.4) is 0 Å². The number of nitrogens with zero attached hydrogens (tertiary/aromatic N) is 2. The molecule has 38 heavy (non-hydrogen) atoms.